The van der Waals surface area contributed by atoms with Gasteiger partial charge in [0.25, 0.3) is 0 Å². The van der Waals surface area contributed by atoms with Crippen LogP contribution in [0.15, 0.2) is 0 Å². The highest BCUT2D eigenvalue weighted by atomic mass is 16.2. The molecule has 0 aromatic heterocycles. The van der Waals surface area contributed by atoms with Gasteiger partial charge in [0.2, 0.25) is 11.8 Å². The van der Waals surface area contributed by atoms with Crippen molar-refractivity contribution < 1.29 is 9.59 Å². The van der Waals surface area contributed by atoms with Crippen LogP contribution in [0.3, 0.4) is 0 Å². The molecule has 0 radical (unpaired) electrons. The molecule has 0 atom stereocenters. The molecule has 2 aliphatic rings. The fraction of sp³-hybridized carbons (Fsp3) is 0.875. The Kier molecular flexibility index (Phi) is 5.25. The van der Waals surface area contributed by atoms with Crippen LogP contribution in [0, 0.1) is 5.41 Å². The molecular formula is C16H29N3O2. The predicted octanol–water partition coefficient (Wildman–Crippen LogP) is 1.19. The summed E-state index contributed by atoms with van der Waals surface area (Å²) in [4.78, 5) is 31.5. The van der Waals surface area contributed by atoms with Crippen molar-refractivity contribution >= 4 is 11.8 Å². The van der Waals surface area contributed by atoms with E-state index in [4.69, 9.17) is 0 Å². The highest BCUT2D eigenvalue weighted by Gasteiger charge is 2.42. The van der Waals surface area contributed by atoms with Gasteiger partial charge in [-0.25, -0.2) is 0 Å². The Hall–Kier alpha value is -1.10. The number of amides is 2. The van der Waals surface area contributed by atoms with Crippen LogP contribution in [-0.4, -0.2) is 72.8 Å². The highest BCUT2D eigenvalue weighted by molar-refractivity contribution is 6.04. The molecule has 0 aromatic carbocycles. The lowest BCUT2D eigenvalue weighted by Gasteiger charge is -2.38. The van der Waals surface area contributed by atoms with E-state index in [1.807, 2.05) is 9.80 Å². The fourth-order valence-corrected chi connectivity index (χ4v) is 3.17. The van der Waals surface area contributed by atoms with Gasteiger partial charge in [-0.1, -0.05) is 12.8 Å². The topological polar surface area (TPSA) is 43.9 Å². The van der Waals surface area contributed by atoms with Gasteiger partial charge in [0, 0.05) is 39.3 Å². The van der Waals surface area contributed by atoms with E-state index in [2.05, 4.69) is 11.9 Å². The van der Waals surface area contributed by atoms with Crippen molar-refractivity contribution in [3.63, 3.8) is 0 Å². The van der Waals surface area contributed by atoms with E-state index in [1.165, 1.54) is 12.8 Å². The number of likely N-dealkylation sites (N-methyl/N-ethyl adjacent to an activating group) is 1. The lowest BCUT2D eigenvalue weighted by atomic mass is 9.89. The summed E-state index contributed by atoms with van der Waals surface area (Å²) >= 11 is 0. The lowest BCUT2D eigenvalue weighted by Crippen LogP contribution is -2.55. The zero-order valence-corrected chi connectivity index (χ0v) is 13.7. The molecule has 0 saturated carbocycles. The van der Waals surface area contributed by atoms with Crippen LogP contribution in [-0.2, 0) is 9.59 Å². The van der Waals surface area contributed by atoms with Gasteiger partial charge in [-0.15, -0.1) is 0 Å². The van der Waals surface area contributed by atoms with Crippen LogP contribution >= 0.6 is 0 Å². The van der Waals surface area contributed by atoms with Crippen LogP contribution in [0.2, 0.25) is 0 Å². The Morgan fingerprint density at radius 3 is 1.62 bits per heavy atom. The Balaban J connectivity index is 2.01. The van der Waals surface area contributed by atoms with Crippen molar-refractivity contribution in [1.29, 1.82) is 0 Å². The van der Waals surface area contributed by atoms with Crippen LogP contribution < -0.4 is 0 Å². The predicted molar refractivity (Wildman–Crippen MR) is 82.9 cm³/mol. The van der Waals surface area contributed by atoms with Gasteiger partial charge in [0.1, 0.15) is 5.41 Å². The monoisotopic (exact) mass is 295 g/mol. The number of rotatable bonds is 2. The fourth-order valence-electron chi connectivity index (χ4n) is 3.17. The van der Waals surface area contributed by atoms with Crippen molar-refractivity contribution in [3.8, 4) is 0 Å². The molecule has 2 rings (SSSR count). The summed E-state index contributed by atoms with van der Waals surface area (Å²) in [5, 5.41) is 0. The first kappa shape index (κ1) is 16.3. The quantitative estimate of drug-likeness (QED) is 0.719. The van der Waals surface area contributed by atoms with Gasteiger partial charge in [-0.3, -0.25) is 9.59 Å². The first-order valence-electron chi connectivity index (χ1n) is 8.20. The molecule has 21 heavy (non-hydrogen) atoms. The summed E-state index contributed by atoms with van der Waals surface area (Å²) in [6.07, 6.45) is 4.50. The molecule has 2 fully saturated rings. The van der Waals surface area contributed by atoms with Gasteiger partial charge in [-0.05, 0) is 33.7 Å². The average Bonchev–Trinajstić information content (AvgIpc) is 2.75. The molecule has 2 heterocycles. The van der Waals surface area contributed by atoms with E-state index in [1.54, 1.807) is 13.8 Å². The average molecular weight is 295 g/mol. The Morgan fingerprint density at radius 2 is 1.14 bits per heavy atom. The van der Waals surface area contributed by atoms with Gasteiger partial charge in [0.05, 0.1) is 0 Å². The minimum atomic E-state index is -0.930. The summed E-state index contributed by atoms with van der Waals surface area (Å²) in [6, 6.07) is 0. The van der Waals surface area contributed by atoms with Gasteiger partial charge in [0.15, 0.2) is 0 Å². The second kappa shape index (κ2) is 6.77. The number of nitrogens with zero attached hydrogens (tertiary/aromatic N) is 3. The highest BCUT2D eigenvalue weighted by Crippen LogP contribution is 2.25. The number of piperazine rings is 1. The molecule has 120 valence electrons. The van der Waals surface area contributed by atoms with E-state index in [-0.39, 0.29) is 11.8 Å². The van der Waals surface area contributed by atoms with Crippen molar-refractivity contribution in [2.45, 2.75) is 39.5 Å². The Morgan fingerprint density at radius 1 is 0.714 bits per heavy atom. The molecular weight excluding hydrogens is 266 g/mol. The summed E-state index contributed by atoms with van der Waals surface area (Å²) in [5.41, 5.74) is -0.930. The van der Waals surface area contributed by atoms with E-state index < -0.39 is 5.41 Å². The zero-order valence-electron chi connectivity index (χ0n) is 13.7. The summed E-state index contributed by atoms with van der Waals surface area (Å²) in [6.45, 7) is 8.43. The largest absolute Gasteiger partial charge is 0.342 e. The normalized spacial score (nSPS) is 22.0. The molecule has 0 bridgehead atoms. The van der Waals surface area contributed by atoms with E-state index >= 15 is 0 Å². The molecule has 0 unspecified atom stereocenters. The number of hydrogen-bond acceptors (Lipinski definition) is 3. The van der Waals surface area contributed by atoms with Gasteiger partial charge in [-0.2, -0.15) is 0 Å². The van der Waals surface area contributed by atoms with Crippen LogP contribution in [0.4, 0.5) is 0 Å². The van der Waals surface area contributed by atoms with Crippen molar-refractivity contribution in [1.82, 2.24) is 14.7 Å². The van der Waals surface area contributed by atoms with E-state index in [0.29, 0.717) is 0 Å². The number of carbonyl (C=O) groups excluding carboxylic acids is 2. The van der Waals surface area contributed by atoms with Crippen molar-refractivity contribution in [2.24, 2.45) is 5.41 Å². The van der Waals surface area contributed by atoms with E-state index in [0.717, 1.165) is 52.1 Å². The third kappa shape index (κ3) is 3.76. The maximum Gasteiger partial charge on any atom is 0.237 e. The standard InChI is InChI=1S/C16H29N3O2/c1-16(2,14(20)18-8-6-4-5-7-9-18)15(21)19-12-10-17(3)11-13-19/h4-13H2,1-3H3. The molecule has 2 aliphatic heterocycles. The van der Waals surface area contributed by atoms with Crippen LogP contribution in [0.1, 0.15) is 39.5 Å². The first-order chi connectivity index (χ1) is 9.93. The molecule has 5 nitrogen and oxygen atoms in total. The molecule has 0 aromatic rings. The van der Waals surface area contributed by atoms with Crippen LogP contribution in [0.25, 0.3) is 0 Å². The Bertz CT molecular complexity index is 379. The van der Waals surface area contributed by atoms with Crippen molar-refractivity contribution in [2.75, 3.05) is 46.3 Å². The summed E-state index contributed by atoms with van der Waals surface area (Å²) in [7, 11) is 2.06. The second-order valence-electron chi connectivity index (χ2n) is 6.93. The van der Waals surface area contributed by atoms with Crippen molar-refractivity contribution in [3.05, 3.63) is 0 Å². The van der Waals surface area contributed by atoms with E-state index in [9.17, 15) is 9.59 Å². The maximum atomic E-state index is 12.8. The van der Waals surface area contributed by atoms with Crippen LogP contribution in [0.5, 0.6) is 0 Å². The molecule has 0 aliphatic carbocycles. The molecule has 5 heteroatoms. The third-order valence-corrected chi connectivity index (χ3v) is 4.75. The molecule has 0 spiro atoms. The molecule has 2 saturated heterocycles. The minimum Gasteiger partial charge on any atom is -0.342 e. The summed E-state index contributed by atoms with van der Waals surface area (Å²) in [5.74, 6) is -0.00169. The van der Waals surface area contributed by atoms with Gasteiger partial charge < -0.3 is 14.7 Å². The summed E-state index contributed by atoms with van der Waals surface area (Å²) < 4.78 is 0. The number of likely N-dealkylation sites (tertiary alicyclic amines) is 1. The first-order valence-corrected chi connectivity index (χ1v) is 8.20. The lowest BCUT2D eigenvalue weighted by molar-refractivity contribution is -0.155. The second-order valence-corrected chi connectivity index (χ2v) is 6.93. The smallest absolute Gasteiger partial charge is 0.237 e. The maximum absolute atomic E-state index is 12.8. The Labute approximate surface area is 128 Å². The SMILES string of the molecule is CN1CCN(C(=O)C(C)(C)C(=O)N2CCCCCC2)CC1. The minimum absolute atomic E-state index is 0.00771. The molecule has 0 N–H and O–H groups in total. The zero-order chi connectivity index (χ0) is 15.5. The van der Waals surface area contributed by atoms with Gasteiger partial charge >= 0.3 is 0 Å². The third-order valence-electron chi connectivity index (χ3n) is 4.75. The number of hydrogen-bond donors (Lipinski definition) is 0. The number of carbonyl (C=O) groups is 2. The molecule has 2 amide bonds.